The number of methoxy groups -OCH3 is 1. The third-order valence-electron chi connectivity index (χ3n) is 2.10. The molecule has 2 rings (SSSR count). The van der Waals surface area contributed by atoms with E-state index in [1.54, 1.807) is 12.3 Å². The molecule has 1 N–H and O–H groups in total. The largest absolute Gasteiger partial charge is 0.448 e. The summed E-state index contributed by atoms with van der Waals surface area (Å²) in [7, 11) is 1.44. The number of furan rings is 1. The monoisotopic (exact) mass is 291 g/mol. The molecule has 0 aliphatic heterocycles. The molecule has 0 spiro atoms. The zero-order valence-corrected chi connectivity index (χ0v) is 11.6. The molecule has 0 saturated carbocycles. The Labute approximate surface area is 120 Å². The molecule has 0 fully saturated rings. The van der Waals surface area contributed by atoms with E-state index in [1.807, 2.05) is 24.3 Å². The number of ether oxygens (including phenoxy) is 1. The molecule has 0 bridgehead atoms. The quantitative estimate of drug-likeness (QED) is 0.650. The Morgan fingerprint density at radius 3 is 3.15 bits per heavy atom. The SMILES string of the molecule is COCC(=O)N/N=C/c1ccc(Sc2ccccn2)o1. The fraction of sp³-hybridized carbons (Fsp3) is 0.154. The first-order valence-electron chi connectivity index (χ1n) is 5.77. The Balaban J connectivity index is 1.89. The van der Waals surface area contributed by atoms with Crippen molar-refractivity contribution in [2.45, 2.75) is 10.1 Å². The minimum Gasteiger partial charge on any atom is -0.448 e. The number of amides is 1. The maximum absolute atomic E-state index is 11.1. The number of hydrogen-bond acceptors (Lipinski definition) is 6. The van der Waals surface area contributed by atoms with Gasteiger partial charge in [0.15, 0.2) is 5.09 Å². The van der Waals surface area contributed by atoms with Gasteiger partial charge in [0, 0.05) is 13.3 Å². The van der Waals surface area contributed by atoms with E-state index in [2.05, 4.69) is 20.2 Å². The predicted octanol–water partition coefficient (Wildman–Crippen LogP) is 1.92. The molecule has 2 aromatic heterocycles. The van der Waals surface area contributed by atoms with Crippen LogP contribution in [0.3, 0.4) is 0 Å². The summed E-state index contributed by atoms with van der Waals surface area (Å²) in [5, 5.41) is 5.31. The van der Waals surface area contributed by atoms with E-state index >= 15 is 0 Å². The van der Waals surface area contributed by atoms with E-state index in [9.17, 15) is 4.79 Å². The van der Waals surface area contributed by atoms with Gasteiger partial charge in [-0.3, -0.25) is 4.79 Å². The number of nitrogens with one attached hydrogen (secondary N) is 1. The normalized spacial score (nSPS) is 10.8. The molecular weight excluding hydrogens is 278 g/mol. The van der Waals surface area contributed by atoms with Gasteiger partial charge in [0.2, 0.25) is 0 Å². The Morgan fingerprint density at radius 1 is 1.50 bits per heavy atom. The molecule has 0 radical (unpaired) electrons. The number of nitrogens with zero attached hydrogens (tertiary/aromatic N) is 2. The molecular formula is C13H13N3O3S. The first-order valence-corrected chi connectivity index (χ1v) is 6.59. The molecule has 7 heteroatoms. The molecule has 104 valence electrons. The van der Waals surface area contributed by atoms with Crippen LogP contribution < -0.4 is 5.43 Å². The first-order chi connectivity index (χ1) is 9.78. The highest BCUT2D eigenvalue weighted by Gasteiger charge is 2.03. The van der Waals surface area contributed by atoms with E-state index in [-0.39, 0.29) is 12.5 Å². The van der Waals surface area contributed by atoms with Crippen LogP contribution in [-0.4, -0.2) is 30.8 Å². The maximum Gasteiger partial charge on any atom is 0.266 e. The summed E-state index contributed by atoms with van der Waals surface area (Å²) in [6.45, 7) is -0.0315. The van der Waals surface area contributed by atoms with E-state index in [1.165, 1.54) is 25.1 Å². The maximum atomic E-state index is 11.1. The van der Waals surface area contributed by atoms with Crippen molar-refractivity contribution in [3.8, 4) is 0 Å². The molecule has 2 heterocycles. The number of rotatable bonds is 6. The molecule has 0 aliphatic carbocycles. The second-order valence-corrected chi connectivity index (χ2v) is 4.68. The number of pyridine rings is 1. The second-order valence-electron chi connectivity index (χ2n) is 3.65. The van der Waals surface area contributed by atoms with Gasteiger partial charge in [-0.15, -0.1) is 0 Å². The van der Waals surface area contributed by atoms with Crippen LogP contribution in [0.25, 0.3) is 0 Å². The van der Waals surface area contributed by atoms with Gasteiger partial charge >= 0.3 is 0 Å². The fourth-order valence-electron chi connectivity index (χ4n) is 1.30. The van der Waals surface area contributed by atoms with Gasteiger partial charge < -0.3 is 9.15 Å². The highest BCUT2D eigenvalue weighted by atomic mass is 32.2. The summed E-state index contributed by atoms with van der Waals surface area (Å²) in [6, 6.07) is 9.24. The van der Waals surface area contributed by atoms with Crippen molar-refractivity contribution in [1.82, 2.24) is 10.4 Å². The predicted molar refractivity (Wildman–Crippen MR) is 74.7 cm³/mol. The van der Waals surface area contributed by atoms with Crippen molar-refractivity contribution < 1.29 is 13.9 Å². The lowest BCUT2D eigenvalue weighted by atomic mass is 10.5. The number of carbonyl (C=O) groups excluding carboxylic acids is 1. The Hall–Kier alpha value is -2.12. The van der Waals surface area contributed by atoms with Crippen LogP contribution in [0.5, 0.6) is 0 Å². The highest BCUT2D eigenvalue weighted by Crippen LogP contribution is 2.26. The summed E-state index contributed by atoms with van der Waals surface area (Å²) < 4.78 is 10.2. The third kappa shape index (κ3) is 4.52. The van der Waals surface area contributed by atoms with Gasteiger partial charge in [0.1, 0.15) is 17.4 Å². The van der Waals surface area contributed by atoms with E-state index in [0.29, 0.717) is 10.9 Å². The number of carbonyl (C=O) groups is 1. The molecule has 0 aliphatic rings. The van der Waals surface area contributed by atoms with Crippen molar-refractivity contribution in [3.63, 3.8) is 0 Å². The van der Waals surface area contributed by atoms with Gasteiger partial charge in [-0.25, -0.2) is 10.4 Å². The summed E-state index contributed by atoms with van der Waals surface area (Å²) >= 11 is 1.41. The van der Waals surface area contributed by atoms with Gasteiger partial charge in [-0.1, -0.05) is 6.07 Å². The van der Waals surface area contributed by atoms with Crippen LogP contribution in [0.1, 0.15) is 5.76 Å². The number of hydrogen-bond donors (Lipinski definition) is 1. The fourth-order valence-corrected chi connectivity index (χ4v) is 2.04. The van der Waals surface area contributed by atoms with Gasteiger partial charge in [0.25, 0.3) is 5.91 Å². The first kappa shape index (κ1) is 14.3. The topological polar surface area (TPSA) is 76.7 Å². The van der Waals surface area contributed by atoms with E-state index in [0.717, 1.165) is 5.03 Å². The molecule has 0 atom stereocenters. The van der Waals surface area contributed by atoms with Crippen LogP contribution in [0.15, 0.2) is 56.2 Å². The van der Waals surface area contributed by atoms with Crippen LogP contribution in [0.2, 0.25) is 0 Å². The average Bonchev–Trinajstić information content (AvgIpc) is 2.88. The van der Waals surface area contributed by atoms with Crippen LogP contribution in [-0.2, 0) is 9.53 Å². The minimum absolute atomic E-state index is 0.0315. The highest BCUT2D eigenvalue weighted by molar-refractivity contribution is 7.99. The minimum atomic E-state index is -0.321. The average molecular weight is 291 g/mol. The van der Waals surface area contributed by atoms with Gasteiger partial charge in [-0.05, 0) is 36.0 Å². The van der Waals surface area contributed by atoms with E-state index in [4.69, 9.17) is 4.42 Å². The third-order valence-corrected chi connectivity index (χ3v) is 2.97. The summed E-state index contributed by atoms with van der Waals surface area (Å²) in [4.78, 5) is 15.3. The zero-order valence-electron chi connectivity index (χ0n) is 10.8. The standard InChI is InChI=1S/C13H13N3O3S/c1-18-9-11(17)16-15-8-10-5-6-13(19-10)20-12-4-2-3-7-14-12/h2-8H,9H2,1H3,(H,16,17)/b15-8+. The number of hydrazone groups is 1. The van der Waals surface area contributed by atoms with Crippen molar-refractivity contribution in [3.05, 3.63) is 42.3 Å². The molecule has 0 unspecified atom stereocenters. The molecule has 0 aromatic carbocycles. The molecule has 20 heavy (non-hydrogen) atoms. The summed E-state index contributed by atoms with van der Waals surface area (Å²) in [5.74, 6) is 0.222. The number of aromatic nitrogens is 1. The summed E-state index contributed by atoms with van der Waals surface area (Å²) in [6.07, 6.45) is 3.15. The Bertz CT molecular complexity index is 584. The lowest BCUT2D eigenvalue weighted by Gasteiger charge is -1.96. The molecule has 2 aromatic rings. The van der Waals surface area contributed by atoms with Crippen LogP contribution in [0.4, 0.5) is 0 Å². The van der Waals surface area contributed by atoms with Crippen molar-refractivity contribution in [2.75, 3.05) is 13.7 Å². The Kier molecular flexibility index (Phi) is 5.33. The van der Waals surface area contributed by atoms with Gasteiger partial charge in [0.05, 0.1) is 6.21 Å². The van der Waals surface area contributed by atoms with Crippen molar-refractivity contribution in [1.29, 1.82) is 0 Å². The molecule has 0 saturated heterocycles. The molecule has 6 nitrogen and oxygen atoms in total. The Morgan fingerprint density at radius 2 is 2.40 bits per heavy atom. The molecule has 1 amide bonds. The van der Waals surface area contributed by atoms with Crippen LogP contribution in [0, 0.1) is 0 Å². The van der Waals surface area contributed by atoms with Crippen LogP contribution >= 0.6 is 11.8 Å². The van der Waals surface area contributed by atoms with Crippen molar-refractivity contribution in [2.24, 2.45) is 5.10 Å². The lowest BCUT2D eigenvalue weighted by molar-refractivity contribution is -0.124. The van der Waals surface area contributed by atoms with E-state index < -0.39 is 0 Å². The summed E-state index contributed by atoms with van der Waals surface area (Å²) in [5.41, 5.74) is 2.32. The lowest BCUT2D eigenvalue weighted by Crippen LogP contribution is -2.22. The smallest absolute Gasteiger partial charge is 0.266 e. The second kappa shape index (κ2) is 7.46. The zero-order chi connectivity index (χ0) is 14.2. The van der Waals surface area contributed by atoms with Gasteiger partial charge in [-0.2, -0.15) is 5.10 Å². The van der Waals surface area contributed by atoms with Crippen molar-refractivity contribution >= 4 is 23.9 Å².